The molecule has 1 heteroatoms. The van der Waals surface area contributed by atoms with Gasteiger partial charge in [-0.1, -0.05) is 36.1 Å². The first kappa shape index (κ1) is 4.08. The van der Waals surface area contributed by atoms with Crippen molar-refractivity contribution in [1.29, 1.82) is 0 Å². The Hall–Kier alpha value is -1.26. The molecule has 0 aliphatic heterocycles. The van der Waals surface area contributed by atoms with Crippen LogP contribution in [0.2, 0.25) is 0 Å². The summed E-state index contributed by atoms with van der Waals surface area (Å²) in [5.74, 6) is 2.35. The van der Waals surface area contributed by atoms with Crippen LogP contribution in [0.1, 0.15) is 23.4 Å². The predicted octanol–water partition coefficient (Wildman–Crippen LogP) is 2.18. The van der Waals surface area contributed by atoms with Gasteiger partial charge in [-0.25, -0.2) is 0 Å². The Morgan fingerprint density at radius 3 is 2.86 bits per heavy atom. The smallest absolute Gasteiger partial charge is 0.0626 e. The summed E-state index contributed by atoms with van der Waals surface area (Å²) in [6.45, 7) is -2.31. The highest BCUT2D eigenvalue weighted by Gasteiger charge is 2.07. The van der Waals surface area contributed by atoms with E-state index >= 15 is 0 Å². The summed E-state index contributed by atoms with van der Waals surface area (Å²) in [6.07, 6.45) is 4.99. The van der Waals surface area contributed by atoms with Crippen LogP contribution in [-0.2, 0) is 6.42 Å². The lowest BCUT2D eigenvalue weighted by molar-refractivity contribution is 0.287. The molecule has 1 aromatic carbocycles. The minimum Gasteiger partial charge on any atom is -0.292 e. The number of rotatable bonds is 4. The maximum atomic E-state index is 7.86. The van der Waals surface area contributed by atoms with E-state index in [1.807, 2.05) is 0 Å². The van der Waals surface area contributed by atoms with Gasteiger partial charge in [-0.15, -0.1) is 6.42 Å². The maximum Gasteiger partial charge on any atom is 0.0626 e. The molecule has 0 N–H and O–H groups in total. The highest BCUT2D eigenvalue weighted by Crippen LogP contribution is 2.06. The van der Waals surface area contributed by atoms with E-state index in [0.717, 1.165) is 0 Å². The fraction of sp³-hybridized carbons (Fsp3) is 0.385. The average molecular weight is 195 g/mol. The van der Waals surface area contributed by atoms with Gasteiger partial charge in [-0.2, -0.15) is 0 Å². The van der Waals surface area contributed by atoms with E-state index in [0.29, 0.717) is 0 Å². The fourth-order valence-electron chi connectivity index (χ4n) is 0.981. The van der Waals surface area contributed by atoms with Gasteiger partial charge in [-0.3, -0.25) is 4.90 Å². The first-order valence-corrected chi connectivity index (χ1v) is 4.21. The van der Waals surface area contributed by atoms with Crippen LogP contribution in [0.25, 0.3) is 0 Å². The van der Waals surface area contributed by atoms with Crippen molar-refractivity contribution in [3.05, 3.63) is 35.8 Å². The predicted molar refractivity (Wildman–Crippen MR) is 61.1 cm³/mol. The summed E-state index contributed by atoms with van der Waals surface area (Å²) >= 11 is 0. The Morgan fingerprint density at radius 1 is 1.57 bits per heavy atom. The molecule has 0 saturated heterocycles. The largest absolute Gasteiger partial charge is 0.292 e. The highest BCUT2D eigenvalue weighted by molar-refractivity contribution is 5.15. The summed E-state index contributed by atoms with van der Waals surface area (Å²) in [5.41, 5.74) is -0.0176. The van der Waals surface area contributed by atoms with Crippen LogP contribution in [0, 0.1) is 12.3 Å². The van der Waals surface area contributed by atoms with Gasteiger partial charge in [0.25, 0.3) is 0 Å². The Balaban J connectivity index is 3.34. The average Bonchev–Trinajstić information content (AvgIpc) is 2.42. The Labute approximate surface area is 98.0 Å². The van der Waals surface area contributed by atoms with Gasteiger partial charge < -0.3 is 0 Å². The minimum atomic E-state index is -2.39. The lowest BCUT2D eigenvalue weighted by atomic mass is 10.1. The minimum absolute atomic E-state index is 0.0176. The maximum absolute atomic E-state index is 7.86. The van der Waals surface area contributed by atoms with Gasteiger partial charge >= 0.3 is 0 Å². The summed E-state index contributed by atoms with van der Waals surface area (Å²) in [6, 6.07) is -3.24. The van der Waals surface area contributed by atoms with Crippen molar-refractivity contribution < 1.29 is 11.0 Å². The van der Waals surface area contributed by atoms with Gasteiger partial charge in [0.05, 0.1) is 13.4 Å². The van der Waals surface area contributed by atoms with Crippen molar-refractivity contribution in [2.24, 2.45) is 0 Å². The van der Waals surface area contributed by atoms with Gasteiger partial charge in [0, 0.05) is 10.2 Å². The SMILES string of the molecule is [2H]c1c([2H])c([2H])c(C[C@H](N(C)CC#C)C([2H])([2H])[2H])c([2H])c1[2H]. The Kier molecular flexibility index (Phi) is 1.59. The zero-order chi connectivity index (χ0) is 17.2. The van der Waals surface area contributed by atoms with Crippen molar-refractivity contribution >= 4 is 0 Å². The van der Waals surface area contributed by atoms with Gasteiger partial charge in [0.1, 0.15) is 0 Å². The quantitative estimate of drug-likeness (QED) is 0.666. The first-order valence-electron chi connectivity index (χ1n) is 8.21. The third-order valence-corrected chi connectivity index (χ3v) is 1.82. The van der Waals surface area contributed by atoms with E-state index in [4.69, 9.17) is 17.4 Å². The molecule has 0 saturated carbocycles. The molecule has 0 fully saturated rings. The van der Waals surface area contributed by atoms with Gasteiger partial charge in [0.15, 0.2) is 0 Å². The lowest BCUT2D eigenvalue weighted by Gasteiger charge is -2.22. The highest BCUT2D eigenvalue weighted by atomic mass is 15.1. The molecule has 1 rings (SSSR count). The van der Waals surface area contributed by atoms with Crippen LogP contribution in [0.5, 0.6) is 0 Å². The molecule has 0 heterocycles. The number of hydrogen-bond donors (Lipinski definition) is 0. The number of nitrogens with zero attached hydrogens (tertiary/aromatic N) is 1. The van der Waals surface area contributed by atoms with Crippen LogP contribution in [0.3, 0.4) is 0 Å². The molecule has 0 amide bonds. The summed E-state index contributed by atoms with van der Waals surface area (Å²) < 4.78 is 61.4. The lowest BCUT2D eigenvalue weighted by Crippen LogP contribution is -2.31. The number of terminal acetylenes is 1. The molecule has 0 radical (unpaired) electrons. The third-order valence-electron chi connectivity index (χ3n) is 1.82. The van der Waals surface area contributed by atoms with Gasteiger partial charge in [-0.05, 0) is 25.9 Å². The van der Waals surface area contributed by atoms with Crippen LogP contribution < -0.4 is 0 Å². The first-order chi connectivity index (χ1) is 10.0. The van der Waals surface area contributed by atoms with Crippen molar-refractivity contribution in [3.63, 3.8) is 0 Å². The zero-order valence-electron chi connectivity index (χ0n) is 16.0. The van der Waals surface area contributed by atoms with E-state index in [-0.39, 0.29) is 30.6 Å². The molecule has 1 atom stereocenters. The molecule has 1 aromatic rings. The molecule has 0 bridgehead atoms. The second-order valence-corrected chi connectivity index (χ2v) is 2.94. The fourth-order valence-corrected chi connectivity index (χ4v) is 0.981. The number of hydrogen-bond acceptors (Lipinski definition) is 1. The Bertz CT molecular complexity index is 573. The van der Waals surface area contributed by atoms with E-state index < -0.39 is 31.0 Å². The van der Waals surface area contributed by atoms with E-state index in [2.05, 4.69) is 5.92 Å². The standard InChI is InChI=1S/C13H17N/c1-4-10-14(3)12(2)11-13-8-6-5-7-9-13/h1,5-9,12H,10-11H2,2-3H3/t12-/m1/s1/i2D3,5D,6D,7D,8D,9D. The normalized spacial score (nSPS) is 21.5. The van der Waals surface area contributed by atoms with E-state index in [9.17, 15) is 0 Å². The third kappa shape index (κ3) is 3.24. The van der Waals surface area contributed by atoms with Crippen LogP contribution in [0.15, 0.2) is 30.2 Å². The van der Waals surface area contributed by atoms with Crippen LogP contribution >= 0.6 is 0 Å². The molecule has 0 spiro atoms. The monoisotopic (exact) mass is 195 g/mol. The molecule has 14 heavy (non-hydrogen) atoms. The van der Waals surface area contributed by atoms with Crippen molar-refractivity contribution in [1.82, 2.24) is 4.90 Å². The second-order valence-electron chi connectivity index (χ2n) is 2.94. The van der Waals surface area contributed by atoms with Crippen molar-refractivity contribution in [3.8, 4) is 12.3 Å². The molecule has 0 unspecified atom stereocenters. The molecule has 0 aliphatic carbocycles. The van der Waals surface area contributed by atoms with Crippen molar-refractivity contribution in [2.45, 2.75) is 19.3 Å². The second kappa shape index (κ2) is 5.47. The van der Waals surface area contributed by atoms with Crippen LogP contribution in [-0.4, -0.2) is 24.5 Å². The topological polar surface area (TPSA) is 3.24 Å². The van der Waals surface area contributed by atoms with Gasteiger partial charge in [0.2, 0.25) is 0 Å². The molecule has 1 nitrogen and oxygen atoms in total. The van der Waals surface area contributed by atoms with Crippen LogP contribution in [0.4, 0.5) is 0 Å². The molecular formula is C13H17N. The molecule has 74 valence electrons. The van der Waals surface area contributed by atoms with E-state index in [1.165, 1.54) is 11.9 Å². The summed E-state index contributed by atoms with van der Waals surface area (Å²) in [5, 5.41) is 0. The number of benzene rings is 1. The molecule has 0 aromatic heterocycles. The number of likely N-dealkylation sites (N-methyl/N-ethyl adjacent to an activating group) is 1. The zero-order valence-corrected chi connectivity index (χ0v) is 8.02. The molecule has 0 aliphatic rings. The van der Waals surface area contributed by atoms with Crippen molar-refractivity contribution in [2.75, 3.05) is 13.6 Å². The summed E-state index contributed by atoms with van der Waals surface area (Å²) in [7, 11) is 1.53. The van der Waals surface area contributed by atoms with E-state index in [1.54, 1.807) is 0 Å². The summed E-state index contributed by atoms with van der Waals surface area (Å²) in [4.78, 5) is 1.42. The Morgan fingerprint density at radius 2 is 2.29 bits per heavy atom. The molecular weight excluding hydrogens is 170 g/mol.